The number of hydrogen-bond donors (Lipinski definition) is 0. The lowest BCUT2D eigenvalue weighted by atomic mass is 9.93. The first kappa shape index (κ1) is 17.0. The van der Waals surface area contributed by atoms with Gasteiger partial charge in [-0.3, -0.25) is 14.5 Å². The van der Waals surface area contributed by atoms with Gasteiger partial charge in [-0.1, -0.05) is 43.9 Å². The maximum Gasteiger partial charge on any atom is 0.229 e. The van der Waals surface area contributed by atoms with Crippen LogP contribution in [0.25, 0.3) is 0 Å². The fraction of sp³-hybridized carbons (Fsp3) is 0.643. The number of thiazole rings is 1. The summed E-state index contributed by atoms with van der Waals surface area (Å²) in [7, 11) is 0. The molecule has 0 saturated carbocycles. The Kier molecular flexibility index (Phi) is 5.15. The Balaban J connectivity index is 2.12. The van der Waals surface area contributed by atoms with Gasteiger partial charge in [0.2, 0.25) is 5.91 Å². The zero-order valence-electron chi connectivity index (χ0n) is 12.6. The lowest BCUT2D eigenvalue weighted by Gasteiger charge is -2.16. The average molecular weight is 391 g/mol. The van der Waals surface area contributed by atoms with Gasteiger partial charge in [-0.15, -0.1) is 0 Å². The van der Waals surface area contributed by atoms with E-state index in [-0.39, 0.29) is 22.4 Å². The van der Waals surface area contributed by atoms with Crippen molar-refractivity contribution >= 4 is 55.2 Å². The van der Waals surface area contributed by atoms with Crippen molar-refractivity contribution in [3.05, 3.63) is 9.48 Å². The second-order valence-electron chi connectivity index (χ2n) is 6.25. The molecule has 1 aromatic rings. The molecule has 1 amide bonds. The highest BCUT2D eigenvalue weighted by Gasteiger charge is 2.34. The number of amides is 1. The van der Waals surface area contributed by atoms with Crippen molar-refractivity contribution < 1.29 is 9.59 Å². The molecule has 1 atom stereocenters. The summed E-state index contributed by atoms with van der Waals surface area (Å²) in [4.78, 5) is 29.6. The van der Waals surface area contributed by atoms with Gasteiger partial charge in [0, 0.05) is 31.1 Å². The van der Waals surface area contributed by atoms with Gasteiger partial charge in [0.25, 0.3) is 0 Å². The van der Waals surface area contributed by atoms with Crippen LogP contribution in [0.5, 0.6) is 0 Å². The molecule has 21 heavy (non-hydrogen) atoms. The van der Waals surface area contributed by atoms with E-state index in [9.17, 15) is 9.59 Å². The molecule has 1 aliphatic heterocycles. The largest absolute Gasteiger partial charge is 0.288 e. The van der Waals surface area contributed by atoms with Crippen molar-refractivity contribution in [3.63, 3.8) is 0 Å². The monoisotopic (exact) mass is 390 g/mol. The molecule has 2 heterocycles. The quantitative estimate of drug-likeness (QED) is 0.786. The van der Waals surface area contributed by atoms with E-state index in [1.54, 1.807) is 11.8 Å². The Morgan fingerprint density at radius 3 is 2.71 bits per heavy atom. The number of carbonyl (C=O) groups excluding carboxylic acids is 2. The maximum atomic E-state index is 12.2. The van der Waals surface area contributed by atoms with E-state index in [4.69, 9.17) is 0 Å². The minimum atomic E-state index is -0.0553. The SMILES string of the molecule is CC(=O)SCC1CC(=O)N(c2nc(C(C)(C)C)c(Br)s2)C1. The van der Waals surface area contributed by atoms with Gasteiger partial charge in [-0.05, 0) is 21.8 Å². The van der Waals surface area contributed by atoms with Gasteiger partial charge >= 0.3 is 0 Å². The smallest absolute Gasteiger partial charge is 0.229 e. The van der Waals surface area contributed by atoms with Crippen LogP contribution in [0.3, 0.4) is 0 Å². The number of carbonyl (C=O) groups is 2. The summed E-state index contributed by atoms with van der Waals surface area (Å²) in [6.45, 7) is 8.54. The zero-order valence-corrected chi connectivity index (χ0v) is 15.8. The van der Waals surface area contributed by atoms with E-state index in [1.165, 1.54) is 23.1 Å². The molecule has 4 nitrogen and oxygen atoms in total. The highest BCUT2D eigenvalue weighted by Crippen LogP contribution is 2.39. The maximum absolute atomic E-state index is 12.2. The fourth-order valence-corrected chi connectivity index (χ4v) is 5.03. The Labute approximate surface area is 141 Å². The first-order chi connectivity index (χ1) is 9.68. The molecule has 0 aromatic carbocycles. The van der Waals surface area contributed by atoms with E-state index < -0.39 is 0 Å². The van der Waals surface area contributed by atoms with Crippen LogP contribution in [-0.4, -0.2) is 28.3 Å². The third kappa shape index (κ3) is 4.07. The summed E-state index contributed by atoms with van der Waals surface area (Å²) in [6, 6.07) is 0. The molecule has 0 bridgehead atoms. The number of aromatic nitrogens is 1. The Hall–Kier alpha value is -0.400. The Morgan fingerprint density at radius 1 is 1.52 bits per heavy atom. The van der Waals surface area contributed by atoms with Crippen LogP contribution < -0.4 is 4.90 Å². The number of rotatable bonds is 3. The minimum Gasteiger partial charge on any atom is -0.288 e. The van der Waals surface area contributed by atoms with Crippen molar-refractivity contribution in [2.45, 2.75) is 39.5 Å². The number of anilines is 1. The van der Waals surface area contributed by atoms with E-state index in [0.29, 0.717) is 18.7 Å². The van der Waals surface area contributed by atoms with Gasteiger partial charge in [0.1, 0.15) is 0 Å². The van der Waals surface area contributed by atoms with Crippen LogP contribution in [0.2, 0.25) is 0 Å². The molecule has 0 aliphatic carbocycles. The van der Waals surface area contributed by atoms with Crippen molar-refractivity contribution in [1.82, 2.24) is 4.98 Å². The van der Waals surface area contributed by atoms with Gasteiger partial charge in [0.05, 0.1) is 9.48 Å². The first-order valence-electron chi connectivity index (χ1n) is 6.79. The minimum absolute atomic E-state index is 0.0553. The molecule has 116 valence electrons. The summed E-state index contributed by atoms with van der Waals surface area (Å²) in [5.74, 6) is 1.04. The van der Waals surface area contributed by atoms with Crippen LogP contribution in [0.4, 0.5) is 5.13 Å². The lowest BCUT2D eigenvalue weighted by Crippen LogP contribution is -2.25. The molecule has 1 aliphatic rings. The van der Waals surface area contributed by atoms with Crippen LogP contribution in [0.1, 0.15) is 39.8 Å². The topological polar surface area (TPSA) is 50.3 Å². The Bertz CT molecular complexity index is 566. The number of hydrogen-bond acceptors (Lipinski definition) is 5. The summed E-state index contributed by atoms with van der Waals surface area (Å²) >= 11 is 6.36. The highest BCUT2D eigenvalue weighted by atomic mass is 79.9. The molecule has 1 aromatic heterocycles. The summed E-state index contributed by atoms with van der Waals surface area (Å²) in [5.41, 5.74) is 0.928. The number of thioether (sulfide) groups is 1. The van der Waals surface area contributed by atoms with Gasteiger partial charge in [-0.2, -0.15) is 0 Å². The van der Waals surface area contributed by atoms with Crippen LogP contribution >= 0.6 is 39.0 Å². The zero-order chi connectivity index (χ0) is 15.8. The van der Waals surface area contributed by atoms with Crippen molar-refractivity contribution in [1.29, 1.82) is 0 Å². The summed E-state index contributed by atoms with van der Waals surface area (Å²) < 4.78 is 0.986. The summed E-state index contributed by atoms with van der Waals surface area (Å²) in [5, 5.41) is 0.861. The normalized spacial score (nSPS) is 19.4. The molecule has 0 spiro atoms. The van der Waals surface area contributed by atoms with Crippen LogP contribution in [-0.2, 0) is 15.0 Å². The predicted octanol–water partition coefficient (Wildman–Crippen LogP) is 3.84. The molecule has 1 unspecified atom stereocenters. The standard InChI is InChI=1S/C14H19BrN2O2S2/c1-8(18)20-7-9-5-10(19)17(6-9)13-16-11(12(15)21-13)14(2,3)4/h9H,5-7H2,1-4H3. The van der Waals surface area contributed by atoms with Crippen molar-refractivity contribution in [2.75, 3.05) is 17.2 Å². The van der Waals surface area contributed by atoms with Gasteiger partial charge in [0.15, 0.2) is 10.2 Å². The van der Waals surface area contributed by atoms with Crippen LogP contribution in [0.15, 0.2) is 3.79 Å². The van der Waals surface area contributed by atoms with Gasteiger partial charge in [-0.25, -0.2) is 4.98 Å². The Morgan fingerprint density at radius 2 is 2.19 bits per heavy atom. The van der Waals surface area contributed by atoms with E-state index >= 15 is 0 Å². The first-order valence-corrected chi connectivity index (χ1v) is 9.38. The molecule has 0 radical (unpaired) electrons. The van der Waals surface area contributed by atoms with E-state index in [0.717, 1.165) is 14.6 Å². The summed E-state index contributed by atoms with van der Waals surface area (Å²) in [6.07, 6.45) is 0.502. The lowest BCUT2D eigenvalue weighted by molar-refractivity contribution is -0.117. The van der Waals surface area contributed by atoms with Crippen molar-refractivity contribution in [2.24, 2.45) is 5.92 Å². The molecular weight excluding hydrogens is 372 g/mol. The molecule has 2 rings (SSSR count). The molecule has 0 N–H and O–H groups in total. The molecule has 7 heteroatoms. The van der Waals surface area contributed by atoms with Crippen LogP contribution in [0, 0.1) is 5.92 Å². The number of halogens is 1. The molecular formula is C14H19BrN2O2S2. The number of nitrogens with zero attached hydrogens (tertiary/aromatic N) is 2. The van der Waals surface area contributed by atoms with Crippen molar-refractivity contribution in [3.8, 4) is 0 Å². The second kappa shape index (κ2) is 6.38. The molecule has 1 fully saturated rings. The third-order valence-electron chi connectivity index (χ3n) is 3.24. The predicted molar refractivity (Wildman–Crippen MR) is 92.1 cm³/mol. The highest BCUT2D eigenvalue weighted by molar-refractivity contribution is 9.11. The van der Waals surface area contributed by atoms with Gasteiger partial charge < -0.3 is 0 Å². The van der Waals surface area contributed by atoms with E-state index in [2.05, 4.69) is 41.7 Å². The average Bonchev–Trinajstić information content (AvgIpc) is 2.89. The molecule has 1 saturated heterocycles. The second-order valence-corrected chi connectivity index (χ2v) is 9.74. The fourth-order valence-electron chi connectivity index (χ4n) is 2.18. The van der Waals surface area contributed by atoms with E-state index in [1.807, 2.05) is 0 Å². The third-order valence-corrected chi connectivity index (χ3v) is 6.02.